The molecule has 19 heavy (non-hydrogen) atoms. The van der Waals surface area contributed by atoms with Crippen molar-refractivity contribution in [2.75, 3.05) is 10.6 Å². The van der Waals surface area contributed by atoms with Crippen LogP contribution in [0.1, 0.15) is 12.7 Å². The highest BCUT2D eigenvalue weighted by Gasteiger charge is 2.04. The van der Waals surface area contributed by atoms with Crippen LogP contribution in [-0.4, -0.2) is 5.91 Å². The zero-order valence-electron chi connectivity index (χ0n) is 10.2. The van der Waals surface area contributed by atoms with E-state index in [1.807, 2.05) is 18.2 Å². The molecule has 1 heterocycles. The number of nitrogens with one attached hydrogen (secondary N) is 2. The second kappa shape index (κ2) is 6.12. The van der Waals surface area contributed by atoms with Crippen LogP contribution in [0.3, 0.4) is 0 Å². The minimum Gasteiger partial charge on any atom is -0.452 e. The van der Waals surface area contributed by atoms with Crippen LogP contribution in [0.2, 0.25) is 5.02 Å². The number of carbonyl (C=O) groups is 1. The molecular weight excluding hydrogens is 332 g/mol. The Hall–Kier alpha value is -1.46. The van der Waals surface area contributed by atoms with Gasteiger partial charge in [-0.2, -0.15) is 0 Å². The molecule has 2 N–H and O–H groups in total. The van der Waals surface area contributed by atoms with Gasteiger partial charge in [-0.3, -0.25) is 4.79 Å². The minimum absolute atomic E-state index is 0.150. The molecule has 1 amide bonds. The summed E-state index contributed by atoms with van der Waals surface area (Å²) in [6, 6.07) is 9.07. The molecular formula is C13H12BrClN2O2. The highest BCUT2D eigenvalue weighted by atomic mass is 79.9. The fourth-order valence-corrected chi connectivity index (χ4v) is 2.12. The first-order valence-electron chi connectivity index (χ1n) is 5.60. The molecule has 0 aliphatic heterocycles. The van der Waals surface area contributed by atoms with Gasteiger partial charge in [-0.15, -0.1) is 0 Å². The monoisotopic (exact) mass is 342 g/mol. The summed E-state index contributed by atoms with van der Waals surface area (Å²) in [5.74, 6) is 0.664. The Kier molecular flexibility index (Phi) is 4.50. The van der Waals surface area contributed by atoms with Crippen LogP contribution in [0, 0.1) is 0 Å². The first-order chi connectivity index (χ1) is 9.04. The lowest BCUT2D eigenvalue weighted by Crippen LogP contribution is -2.06. The van der Waals surface area contributed by atoms with E-state index in [1.165, 1.54) is 6.92 Å². The normalized spacial score (nSPS) is 10.3. The van der Waals surface area contributed by atoms with Crippen molar-refractivity contribution < 1.29 is 9.21 Å². The SMILES string of the molecule is CC(=O)Nc1ccc(NCc2ccc(Br)o2)cc1Cl. The van der Waals surface area contributed by atoms with Gasteiger partial charge in [0.1, 0.15) is 5.76 Å². The van der Waals surface area contributed by atoms with Gasteiger partial charge in [0.15, 0.2) is 4.67 Å². The molecule has 6 heteroatoms. The van der Waals surface area contributed by atoms with Crippen molar-refractivity contribution in [3.05, 3.63) is 45.8 Å². The van der Waals surface area contributed by atoms with Gasteiger partial charge in [0.2, 0.25) is 5.91 Å². The van der Waals surface area contributed by atoms with Crippen molar-refractivity contribution in [3.8, 4) is 0 Å². The minimum atomic E-state index is -0.150. The van der Waals surface area contributed by atoms with Gasteiger partial charge in [-0.25, -0.2) is 0 Å². The van der Waals surface area contributed by atoms with E-state index in [2.05, 4.69) is 26.6 Å². The smallest absolute Gasteiger partial charge is 0.221 e. The molecule has 0 saturated heterocycles. The second-order valence-electron chi connectivity index (χ2n) is 3.94. The lowest BCUT2D eigenvalue weighted by Gasteiger charge is -2.08. The van der Waals surface area contributed by atoms with E-state index in [0.717, 1.165) is 11.4 Å². The van der Waals surface area contributed by atoms with E-state index < -0.39 is 0 Å². The lowest BCUT2D eigenvalue weighted by atomic mass is 10.2. The highest BCUT2D eigenvalue weighted by molar-refractivity contribution is 9.10. The standard InChI is InChI=1S/C13H12BrClN2O2/c1-8(18)17-12-4-2-9(6-11(12)15)16-7-10-3-5-13(14)19-10/h2-6,16H,7H2,1H3,(H,17,18). The maximum Gasteiger partial charge on any atom is 0.221 e. The third kappa shape index (κ3) is 4.01. The molecule has 4 nitrogen and oxygen atoms in total. The van der Waals surface area contributed by atoms with Gasteiger partial charge in [0.05, 0.1) is 17.3 Å². The molecule has 0 unspecified atom stereocenters. The maximum absolute atomic E-state index is 11.0. The molecule has 100 valence electrons. The summed E-state index contributed by atoms with van der Waals surface area (Å²) in [5.41, 5.74) is 1.45. The molecule has 0 aliphatic carbocycles. The summed E-state index contributed by atoms with van der Waals surface area (Å²) in [6.07, 6.45) is 0. The Morgan fingerprint density at radius 3 is 2.74 bits per heavy atom. The summed E-state index contributed by atoms with van der Waals surface area (Å²) in [6.45, 7) is 2.00. The number of halogens is 2. The summed E-state index contributed by atoms with van der Waals surface area (Å²) >= 11 is 9.32. The zero-order chi connectivity index (χ0) is 13.8. The van der Waals surface area contributed by atoms with Gasteiger partial charge >= 0.3 is 0 Å². The Bertz CT molecular complexity index is 598. The van der Waals surface area contributed by atoms with Gasteiger partial charge in [-0.05, 0) is 46.3 Å². The number of rotatable bonds is 4. The predicted octanol–water partition coefficient (Wildman–Crippen LogP) is 4.27. The number of furan rings is 1. The van der Waals surface area contributed by atoms with Crippen molar-refractivity contribution in [3.63, 3.8) is 0 Å². The van der Waals surface area contributed by atoms with Crippen LogP contribution >= 0.6 is 27.5 Å². The summed E-state index contributed by atoms with van der Waals surface area (Å²) in [7, 11) is 0. The van der Waals surface area contributed by atoms with Crippen LogP contribution in [0.5, 0.6) is 0 Å². The van der Waals surface area contributed by atoms with Crippen molar-refractivity contribution >= 4 is 44.8 Å². The van der Waals surface area contributed by atoms with E-state index >= 15 is 0 Å². The van der Waals surface area contributed by atoms with E-state index in [4.69, 9.17) is 16.0 Å². The van der Waals surface area contributed by atoms with Gasteiger partial charge in [-0.1, -0.05) is 11.6 Å². The van der Waals surface area contributed by atoms with Crippen molar-refractivity contribution in [2.24, 2.45) is 0 Å². The first kappa shape index (κ1) is 14.0. The predicted molar refractivity (Wildman–Crippen MR) is 79.5 cm³/mol. The summed E-state index contributed by atoms with van der Waals surface area (Å²) in [5, 5.41) is 6.32. The summed E-state index contributed by atoms with van der Waals surface area (Å²) in [4.78, 5) is 11.0. The van der Waals surface area contributed by atoms with Crippen molar-refractivity contribution in [2.45, 2.75) is 13.5 Å². The number of benzene rings is 1. The first-order valence-corrected chi connectivity index (χ1v) is 6.77. The molecule has 2 aromatic rings. The van der Waals surface area contributed by atoms with E-state index in [0.29, 0.717) is 21.9 Å². The zero-order valence-corrected chi connectivity index (χ0v) is 12.5. The van der Waals surface area contributed by atoms with E-state index in [1.54, 1.807) is 12.1 Å². The van der Waals surface area contributed by atoms with Crippen LogP contribution in [0.25, 0.3) is 0 Å². The molecule has 0 aliphatic rings. The Labute approximate surface area is 124 Å². The number of hydrogen-bond donors (Lipinski definition) is 2. The van der Waals surface area contributed by atoms with E-state index in [-0.39, 0.29) is 5.91 Å². The third-order valence-corrected chi connectivity index (χ3v) is 3.11. The Morgan fingerprint density at radius 2 is 2.16 bits per heavy atom. The molecule has 1 aromatic carbocycles. The number of hydrogen-bond acceptors (Lipinski definition) is 3. The molecule has 0 saturated carbocycles. The molecule has 0 spiro atoms. The molecule has 0 atom stereocenters. The molecule has 1 aromatic heterocycles. The maximum atomic E-state index is 11.0. The second-order valence-corrected chi connectivity index (χ2v) is 5.12. The van der Waals surface area contributed by atoms with Gasteiger partial charge in [0.25, 0.3) is 0 Å². The largest absolute Gasteiger partial charge is 0.452 e. The summed E-state index contributed by atoms with van der Waals surface area (Å²) < 4.78 is 6.07. The molecule has 2 rings (SSSR count). The number of amides is 1. The van der Waals surface area contributed by atoms with Crippen LogP contribution in [0.4, 0.5) is 11.4 Å². The lowest BCUT2D eigenvalue weighted by molar-refractivity contribution is -0.114. The molecule has 0 bridgehead atoms. The molecule has 0 radical (unpaired) electrons. The van der Waals surface area contributed by atoms with E-state index in [9.17, 15) is 4.79 Å². The van der Waals surface area contributed by atoms with Gasteiger partial charge in [0, 0.05) is 12.6 Å². The Balaban J connectivity index is 2.01. The Morgan fingerprint density at radius 1 is 1.37 bits per heavy atom. The van der Waals surface area contributed by atoms with Crippen LogP contribution in [-0.2, 0) is 11.3 Å². The third-order valence-electron chi connectivity index (χ3n) is 2.38. The quantitative estimate of drug-likeness (QED) is 0.872. The fraction of sp³-hybridized carbons (Fsp3) is 0.154. The topological polar surface area (TPSA) is 54.3 Å². The number of carbonyl (C=O) groups excluding carboxylic acids is 1. The molecule has 0 fully saturated rings. The number of anilines is 2. The fourth-order valence-electron chi connectivity index (χ4n) is 1.55. The van der Waals surface area contributed by atoms with Crippen LogP contribution in [0.15, 0.2) is 39.4 Å². The average Bonchev–Trinajstić information content (AvgIpc) is 2.75. The average molecular weight is 344 g/mol. The van der Waals surface area contributed by atoms with Crippen LogP contribution < -0.4 is 10.6 Å². The van der Waals surface area contributed by atoms with Crippen molar-refractivity contribution in [1.29, 1.82) is 0 Å². The van der Waals surface area contributed by atoms with Gasteiger partial charge < -0.3 is 15.1 Å². The van der Waals surface area contributed by atoms with Crippen molar-refractivity contribution in [1.82, 2.24) is 0 Å². The highest BCUT2D eigenvalue weighted by Crippen LogP contribution is 2.26.